The van der Waals surface area contributed by atoms with Crippen LogP contribution in [-0.4, -0.2) is 17.3 Å². The summed E-state index contributed by atoms with van der Waals surface area (Å²) in [7, 11) is 0. The van der Waals surface area contributed by atoms with Gasteiger partial charge in [-0.25, -0.2) is 0 Å². The first-order valence-corrected chi connectivity index (χ1v) is 4.22. The standard InChI is InChI=1S/C8H14O3S/c1-5(2)8(9)11-6(3)10-7(4)12/h5-6H,1-4H3. The number of thiocarbonyl (C=S) groups is 1. The predicted octanol–water partition coefficient (Wildman–Crippen LogP) is 1.90. The Bertz CT molecular complexity index is 177. The Labute approximate surface area is 78.0 Å². The van der Waals surface area contributed by atoms with Gasteiger partial charge < -0.3 is 9.47 Å². The van der Waals surface area contributed by atoms with Gasteiger partial charge in [0.25, 0.3) is 0 Å². The van der Waals surface area contributed by atoms with Gasteiger partial charge in [0.2, 0.25) is 6.29 Å². The number of carbonyl (C=O) groups excluding carboxylic acids is 1. The van der Waals surface area contributed by atoms with Crippen molar-refractivity contribution in [3.63, 3.8) is 0 Å². The molecule has 0 radical (unpaired) electrons. The molecule has 0 heterocycles. The molecule has 0 aliphatic carbocycles. The van der Waals surface area contributed by atoms with Gasteiger partial charge in [-0.2, -0.15) is 0 Å². The molecule has 0 rings (SSSR count). The van der Waals surface area contributed by atoms with Gasteiger partial charge in [0, 0.05) is 13.8 Å². The average Bonchev–Trinajstić information content (AvgIpc) is 1.84. The second-order valence-electron chi connectivity index (χ2n) is 2.77. The molecule has 4 heteroatoms. The van der Waals surface area contributed by atoms with E-state index < -0.39 is 6.29 Å². The van der Waals surface area contributed by atoms with Crippen LogP contribution in [0.2, 0.25) is 0 Å². The lowest BCUT2D eigenvalue weighted by Crippen LogP contribution is -2.22. The summed E-state index contributed by atoms with van der Waals surface area (Å²) >= 11 is 4.68. The van der Waals surface area contributed by atoms with Crippen molar-refractivity contribution in [3.8, 4) is 0 Å². The second-order valence-corrected chi connectivity index (χ2v) is 3.34. The topological polar surface area (TPSA) is 35.5 Å². The molecule has 0 fully saturated rings. The fraction of sp³-hybridized carbons (Fsp3) is 0.750. The number of rotatable bonds is 3. The number of carbonyl (C=O) groups is 1. The van der Waals surface area contributed by atoms with Crippen LogP contribution in [0, 0.1) is 5.92 Å². The number of hydrogen-bond donors (Lipinski definition) is 0. The maximum atomic E-state index is 11.0. The van der Waals surface area contributed by atoms with Crippen LogP contribution in [0.15, 0.2) is 0 Å². The third-order valence-corrected chi connectivity index (χ3v) is 1.18. The molecule has 0 amide bonds. The highest BCUT2D eigenvalue weighted by Gasteiger charge is 2.13. The van der Waals surface area contributed by atoms with Crippen LogP contribution in [0.5, 0.6) is 0 Å². The van der Waals surface area contributed by atoms with E-state index in [2.05, 4.69) is 12.2 Å². The van der Waals surface area contributed by atoms with E-state index >= 15 is 0 Å². The lowest BCUT2D eigenvalue weighted by molar-refractivity contribution is -0.166. The highest BCUT2D eigenvalue weighted by atomic mass is 32.1. The molecule has 1 unspecified atom stereocenters. The summed E-state index contributed by atoms with van der Waals surface area (Å²) < 4.78 is 9.83. The molecule has 12 heavy (non-hydrogen) atoms. The minimum Gasteiger partial charge on any atom is -0.449 e. The summed E-state index contributed by atoms with van der Waals surface area (Å²) in [6, 6.07) is 0. The first-order chi connectivity index (χ1) is 5.43. The molecular weight excluding hydrogens is 176 g/mol. The Hall–Kier alpha value is -0.640. The third kappa shape index (κ3) is 5.07. The van der Waals surface area contributed by atoms with Crippen molar-refractivity contribution in [2.45, 2.75) is 34.0 Å². The Morgan fingerprint density at radius 1 is 1.25 bits per heavy atom. The van der Waals surface area contributed by atoms with Crippen LogP contribution < -0.4 is 0 Å². The van der Waals surface area contributed by atoms with Crippen molar-refractivity contribution >= 4 is 23.2 Å². The van der Waals surface area contributed by atoms with E-state index in [1.807, 2.05) is 0 Å². The summed E-state index contributed by atoms with van der Waals surface area (Å²) in [5.74, 6) is -0.416. The minimum atomic E-state index is -0.586. The number of hydrogen-bond acceptors (Lipinski definition) is 4. The maximum absolute atomic E-state index is 11.0. The van der Waals surface area contributed by atoms with Crippen molar-refractivity contribution in [2.24, 2.45) is 5.92 Å². The molecule has 0 N–H and O–H groups in total. The molecule has 0 aromatic heterocycles. The molecule has 1 atom stereocenters. The van der Waals surface area contributed by atoms with Crippen molar-refractivity contribution in [3.05, 3.63) is 0 Å². The average molecular weight is 190 g/mol. The predicted molar refractivity (Wildman–Crippen MR) is 49.7 cm³/mol. The highest BCUT2D eigenvalue weighted by molar-refractivity contribution is 7.80. The summed E-state index contributed by atoms with van der Waals surface area (Å²) in [6.07, 6.45) is -0.586. The molecular formula is C8H14O3S. The van der Waals surface area contributed by atoms with Gasteiger partial charge >= 0.3 is 5.97 Å². The largest absolute Gasteiger partial charge is 0.449 e. The van der Waals surface area contributed by atoms with Crippen molar-refractivity contribution in [1.29, 1.82) is 0 Å². The molecule has 0 aromatic carbocycles. The molecule has 0 spiro atoms. The Kier molecular flexibility index (Phi) is 4.81. The fourth-order valence-electron chi connectivity index (χ4n) is 0.557. The molecule has 0 bridgehead atoms. The molecule has 3 nitrogen and oxygen atoms in total. The Morgan fingerprint density at radius 3 is 2.08 bits per heavy atom. The van der Waals surface area contributed by atoms with Crippen molar-refractivity contribution in [2.75, 3.05) is 0 Å². The van der Waals surface area contributed by atoms with Crippen LogP contribution in [0.4, 0.5) is 0 Å². The maximum Gasteiger partial charge on any atom is 0.311 e. The molecule has 0 aliphatic heterocycles. The number of esters is 1. The molecule has 0 aromatic rings. The zero-order valence-corrected chi connectivity index (χ0v) is 8.60. The van der Waals surface area contributed by atoms with Gasteiger partial charge in [0.05, 0.1) is 5.92 Å². The SMILES string of the molecule is CC(=S)OC(C)OC(=O)C(C)C. The highest BCUT2D eigenvalue weighted by Crippen LogP contribution is 2.02. The van der Waals surface area contributed by atoms with E-state index in [4.69, 9.17) is 9.47 Å². The summed E-state index contributed by atoms with van der Waals surface area (Å²) in [5.41, 5.74) is 0. The first-order valence-electron chi connectivity index (χ1n) is 3.81. The second kappa shape index (κ2) is 5.09. The van der Waals surface area contributed by atoms with Crippen LogP contribution >= 0.6 is 12.2 Å². The van der Waals surface area contributed by atoms with Crippen LogP contribution in [0.3, 0.4) is 0 Å². The zero-order valence-electron chi connectivity index (χ0n) is 7.79. The first kappa shape index (κ1) is 11.4. The van der Waals surface area contributed by atoms with Crippen LogP contribution in [0.25, 0.3) is 0 Å². The van der Waals surface area contributed by atoms with E-state index in [1.165, 1.54) is 0 Å². The summed E-state index contributed by atoms with van der Waals surface area (Å²) in [5, 5.41) is 0.374. The van der Waals surface area contributed by atoms with Gasteiger partial charge in [-0.05, 0) is 12.2 Å². The minimum absolute atomic E-state index is 0.138. The molecule has 70 valence electrons. The van der Waals surface area contributed by atoms with Gasteiger partial charge in [-0.3, -0.25) is 4.79 Å². The van der Waals surface area contributed by atoms with Crippen molar-refractivity contribution in [1.82, 2.24) is 0 Å². The normalized spacial score (nSPS) is 12.4. The van der Waals surface area contributed by atoms with Crippen LogP contribution in [0.1, 0.15) is 27.7 Å². The fourth-order valence-corrected chi connectivity index (χ4v) is 0.693. The van der Waals surface area contributed by atoms with E-state index in [0.29, 0.717) is 5.05 Å². The molecule has 0 aliphatic rings. The quantitative estimate of drug-likeness (QED) is 0.387. The summed E-state index contributed by atoms with van der Waals surface area (Å²) in [6.45, 7) is 6.80. The van der Waals surface area contributed by atoms with Gasteiger partial charge in [-0.1, -0.05) is 13.8 Å². The van der Waals surface area contributed by atoms with E-state index in [1.54, 1.807) is 27.7 Å². The van der Waals surface area contributed by atoms with E-state index in [0.717, 1.165) is 0 Å². The monoisotopic (exact) mass is 190 g/mol. The van der Waals surface area contributed by atoms with Gasteiger partial charge in [0.15, 0.2) is 5.05 Å². The Morgan fingerprint density at radius 2 is 1.75 bits per heavy atom. The van der Waals surface area contributed by atoms with Gasteiger partial charge in [-0.15, -0.1) is 0 Å². The molecule has 0 saturated heterocycles. The van der Waals surface area contributed by atoms with Crippen molar-refractivity contribution < 1.29 is 14.3 Å². The Balaban J connectivity index is 3.76. The zero-order chi connectivity index (χ0) is 9.72. The summed E-state index contributed by atoms with van der Waals surface area (Å²) in [4.78, 5) is 11.0. The molecule has 0 saturated carbocycles. The van der Waals surface area contributed by atoms with Crippen LogP contribution in [-0.2, 0) is 14.3 Å². The smallest absolute Gasteiger partial charge is 0.311 e. The van der Waals surface area contributed by atoms with E-state index in [9.17, 15) is 4.79 Å². The number of ether oxygens (including phenoxy) is 2. The van der Waals surface area contributed by atoms with Gasteiger partial charge in [0.1, 0.15) is 0 Å². The lowest BCUT2D eigenvalue weighted by Gasteiger charge is -2.15. The third-order valence-electron chi connectivity index (χ3n) is 1.09. The van der Waals surface area contributed by atoms with E-state index in [-0.39, 0.29) is 11.9 Å². The lowest BCUT2D eigenvalue weighted by atomic mass is 10.2.